The van der Waals surface area contributed by atoms with Crippen LogP contribution in [0.5, 0.6) is 11.5 Å². The number of hydrogen-bond donors (Lipinski definition) is 1. The van der Waals surface area contributed by atoms with Crippen molar-refractivity contribution in [3.05, 3.63) is 42.1 Å². The average Bonchev–Trinajstić information content (AvgIpc) is 2.74. The number of carbonyl (C=O) groups excluding carboxylic acids is 1. The van der Waals surface area contributed by atoms with Crippen LogP contribution in [-0.4, -0.2) is 62.7 Å². The fraction of sp³-hybridized carbons (Fsp3) is 0.400. The smallest absolute Gasteiger partial charge is 0.257 e. The highest BCUT2D eigenvalue weighted by Gasteiger charge is 2.16. The molecule has 1 saturated heterocycles. The first-order valence-electron chi connectivity index (χ1n) is 9.10. The van der Waals surface area contributed by atoms with Crippen molar-refractivity contribution in [3.63, 3.8) is 0 Å². The van der Waals surface area contributed by atoms with Gasteiger partial charge in [-0.2, -0.15) is 0 Å². The molecule has 1 fully saturated rings. The predicted molar refractivity (Wildman–Crippen MR) is 106 cm³/mol. The number of anilines is 2. The highest BCUT2D eigenvalue weighted by Crippen LogP contribution is 2.23. The number of benzene rings is 1. The minimum atomic E-state index is -0.260. The van der Waals surface area contributed by atoms with Gasteiger partial charge in [0.2, 0.25) is 0 Å². The average molecular weight is 370 g/mol. The molecule has 0 bridgehead atoms. The summed E-state index contributed by atoms with van der Waals surface area (Å²) in [6.45, 7) is 7.38. The minimum Gasteiger partial charge on any atom is -0.497 e. The minimum absolute atomic E-state index is 0.260. The van der Waals surface area contributed by atoms with Gasteiger partial charge in [0, 0.05) is 37.8 Å². The summed E-state index contributed by atoms with van der Waals surface area (Å²) < 4.78 is 10.4. The monoisotopic (exact) mass is 370 g/mol. The molecule has 144 valence electrons. The maximum Gasteiger partial charge on any atom is 0.257 e. The molecule has 1 aliphatic heterocycles. The Labute approximate surface area is 159 Å². The number of pyridine rings is 1. The van der Waals surface area contributed by atoms with E-state index >= 15 is 0 Å². The molecule has 1 N–H and O–H groups in total. The molecule has 0 spiro atoms. The summed E-state index contributed by atoms with van der Waals surface area (Å²) in [6.07, 6.45) is 1.81. The van der Waals surface area contributed by atoms with Gasteiger partial charge in [0.15, 0.2) is 0 Å². The Morgan fingerprint density at radius 1 is 1.07 bits per heavy atom. The molecule has 1 aliphatic rings. The van der Waals surface area contributed by atoms with Crippen molar-refractivity contribution < 1.29 is 14.3 Å². The molecule has 1 aromatic carbocycles. The summed E-state index contributed by atoms with van der Waals surface area (Å²) in [5.74, 6) is 1.38. The van der Waals surface area contributed by atoms with Crippen LogP contribution in [0.25, 0.3) is 0 Å². The largest absolute Gasteiger partial charge is 0.497 e. The molecular formula is C20H26N4O3. The number of aromatic nitrogens is 1. The summed E-state index contributed by atoms with van der Waals surface area (Å²) in [4.78, 5) is 21.7. The molecule has 0 radical (unpaired) electrons. The van der Waals surface area contributed by atoms with Gasteiger partial charge in [-0.25, -0.2) is 4.98 Å². The number of amides is 1. The third kappa shape index (κ3) is 4.68. The first kappa shape index (κ1) is 19.0. The van der Waals surface area contributed by atoms with Crippen LogP contribution in [0.4, 0.5) is 11.5 Å². The van der Waals surface area contributed by atoms with Gasteiger partial charge in [-0.1, -0.05) is 6.92 Å². The van der Waals surface area contributed by atoms with E-state index in [0.717, 1.165) is 38.4 Å². The lowest BCUT2D eigenvalue weighted by Gasteiger charge is -2.35. The molecule has 2 aromatic rings. The molecule has 0 aliphatic carbocycles. The number of nitrogens with zero attached hydrogens (tertiary/aromatic N) is 3. The lowest BCUT2D eigenvalue weighted by atomic mass is 10.2. The van der Waals surface area contributed by atoms with Crippen LogP contribution in [0.3, 0.4) is 0 Å². The van der Waals surface area contributed by atoms with Crippen molar-refractivity contribution in [2.24, 2.45) is 0 Å². The Morgan fingerprint density at radius 2 is 1.74 bits per heavy atom. The number of rotatable bonds is 6. The Hall–Kier alpha value is -2.80. The molecule has 7 heteroatoms. The van der Waals surface area contributed by atoms with Gasteiger partial charge in [0.1, 0.15) is 17.3 Å². The Balaban J connectivity index is 1.65. The van der Waals surface area contributed by atoms with E-state index in [4.69, 9.17) is 9.47 Å². The van der Waals surface area contributed by atoms with Crippen LogP contribution in [0, 0.1) is 0 Å². The number of methoxy groups -OCH3 is 2. The van der Waals surface area contributed by atoms with Crippen LogP contribution in [-0.2, 0) is 0 Å². The third-order valence-electron chi connectivity index (χ3n) is 4.79. The van der Waals surface area contributed by atoms with Crippen molar-refractivity contribution in [1.82, 2.24) is 9.88 Å². The van der Waals surface area contributed by atoms with E-state index in [-0.39, 0.29) is 5.91 Å². The topological polar surface area (TPSA) is 66.9 Å². The van der Waals surface area contributed by atoms with Crippen LogP contribution in [0.2, 0.25) is 0 Å². The van der Waals surface area contributed by atoms with E-state index in [0.29, 0.717) is 22.9 Å². The van der Waals surface area contributed by atoms with Gasteiger partial charge >= 0.3 is 0 Å². The van der Waals surface area contributed by atoms with Gasteiger partial charge in [-0.05, 0) is 30.8 Å². The number of piperazine rings is 1. The number of carbonyl (C=O) groups is 1. The summed E-state index contributed by atoms with van der Waals surface area (Å²) in [5, 5.41) is 2.82. The van der Waals surface area contributed by atoms with Crippen molar-refractivity contribution >= 4 is 17.4 Å². The number of hydrogen-bond acceptors (Lipinski definition) is 6. The van der Waals surface area contributed by atoms with E-state index in [9.17, 15) is 4.79 Å². The Kier molecular flexibility index (Phi) is 6.13. The van der Waals surface area contributed by atoms with E-state index in [1.165, 1.54) is 0 Å². The normalized spacial score (nSPS) is 14.7. The lowest BCUT2D eigenvalue weighted by molar-refractivity contribution is 0.102. The zero-order valence-electron chi connectivity index (χ0n) is 16.1. The molecule has 27 heavy (non-hydrogen) atoms. The molecule has 0 saturated carbocycles. The SMILES string of the molecule is CCN1CCN(c2ccc(NC(=O)c3cc(OC)cc(OC)c3)nc2)CC1. The molecule has 7 nitrogen and oxygen atoms in total. The second-order valence-corrected chi connectivity index (χ2v) is 6.38. The van der Waals surface area contributed by atoms with Crippen LogP contribution < -0.4 is 19.7 Å². The van der Waals surface area contributed by atoms with Crippen LogP contribution >= 0.6 is 0 Å². The number of nitrogens with one attached hydrogen (secondary N) is 1. The lowest BCUT2D eigenvalue weighted by Crippen LogP contribution is -2.46. The van der Waals surface area contributed by atoms with E-state index < -0.39 is 0 Å². The van der Waals surface area contributed by atoms with Crippen molar-refractivity contribution in [2.45, 2.75) is 6.92 Å². The van der Waals surface area contributed by atoms with Gasteiger partial charge in [0.25, 0.3) is 5.91 Å². The van der Waals surface area contributed by atoms with E-state index in [1.54, 1.807) is 32.4 Å². The zero-order valence-corrected chi connectivity index (χ0v) is 16.1. The predicted octanol–water partition coefficient (Wildman–Crippen LogP) is 2.49. The molecular weight excluding hydrogens is 344 g/mol. The van der Waals surface area contributed by atoms with Crippen LogP contribution in [0.15, 0.2) is 36.5 Å². The van der Waals surface area contributed by atoms with Crippen molar-refractivity contribution in [2.75, 3.05) is 57.2 Å². The first-order valence-corrected chi connectivity index (χ1v) is 9.10. The maximum atomic E-state index is 12.5. The van der Waals surface area contributed by atoms with Gasteiger partial charge in [0.05, 0.1) is 26.1 Å². The number of likely N-dealkylation sites (N-methyl/N-ethyl adjacent to an activating group) is 1. The Morgan fingerprint density at radius 3 is 2.26 bits per heavy atom. The fourth-order valence-corrected chi connectivity index (χ4v) is 3.10. The number of ether oxygens (including phenoxy) is 2. The molecule has 1 aromatic heterocycles. The van der Waals surface area contributed by atoms with Crippen molar-refractivity contribution in [3.8, 4) is 11.5 Å². The maximum absolute atomic E-state index is 12.5. The summed E-state index contributed by atoms with van der Waals surface area (Å²) in [5.41, 5.74) is 1.53. The van der Waals surface area contributed by atoms with Crippen LogP contribution in [0.1, 0.15) is 17.3 Å². The third-order valence-corrected chi connectivity index (χ3v) is 4.79. The Bertz CT molecular complexity index is 749. The molecule has 3 rings (SSSR count). The van der Waals surface area contributed by atoms with E-state index in [1.807, 2.05) is 18.3 Å². The van der Waals surface area contributed by atoms with Crippen molar-refractivity contribution in [1.29, 1.82) is 0 Å². The fourth-order valence-electron chi connectivity index (χ4n) is 3.10. The van der Waals surface area contributed by atoms with Gasteiger partial charge in [-0.3, -0.25) is 4.79 Å². The van der Waals surface area contributed by atoms with E-state index in [2.05, 4.69) is 27.0 Å². The molecule has 0 unspecified atom stereocenters. The molecule has 0 atom stereocenters. The highest BCUT2D eigenvalue weighted by atomic mass is 16.5. The molecule has 2 heterocycles. The highest BCUT2D eigenvalue weighted by molar-refractivity contribution is 6.04. The zero-order chi connectivity index (χ0) is 19.2. The standard InChI is InChI=1S/C20H26N4O3/c1-4-23-7-9-24(10-8-23)16-5-6-19(21-14-16)22-20(25)15-11-17(26-2)13-18(12-15)27-3/h5-6,11-14H,4,7-10H2,1-3H3,(H,21,22,25). The summed E-state index contributed by atoms with van der Waals surface area (Å²) in [6, 6.07) is 8.88. The summed E-state index contributed by atoms with van der Waals surface area (Å²) >= 11 is 0. The summed E-state index contributed by atoms with van der Waals surface area (Å²) in [7, 11) is 3.11. The van der Waals surface area contributed by atoms with Gasteiger partial charge in [-0.15, -0.1) is 0 Å². The second-order valence-electron chi connectivity index (χ2n) is 6.38. The van der Waals surface area contributed by atoms with Gasteiger partial charge < -0.3 is 24.6 Å². The first-order chi connectivity index (χ1) is 13.1. The molecule has 1 amide bonds. The quantitative estimate of drug-likeness (QED) is 0.843. The second kappa shape index (κ2) is 8.73.